The molecule has 0 radical (unpaired) electrons. The predicted octanol–water partition coefficient (Wildman–Crippen LogP) is 3.39. The van der Waals surface area contributed by atoms with E-state index in [1.807, 2.05) is 50.2 Å². The number of nitrogens with zero attached hydrogens (tertiary/aromatic N) is 2. The smallest absolute Gasteiger partial charge is 0.339 e. The molecule has 0 saturated heterocycles. The van der Waals surface area contributed by atoms with Gasteiger partial charge in [-0.3, -0.25) is 14.5 Å². The number of anilines is 2. The van der Waals surface area contributed by atoms with Crippen molar-refractivity contribution in [3.8, 4) is 0 Å². The monoisotopic (exact) mass is 457 g/mol. The Labute approximate surface area is 198 Å². The van der Waals surface area contributed by atoms with Crippen molar-refractivity contribution >= 4 is 29.0 Å². The van der Waals surface area contributed by atoms with Crippen LogP contribution in [-0.2, 0) is 24.5 Å². The van der Waals surface area contributed by atoms with Gasteiger partial charge in [-0.2, -0.15) is 0 Å². The molecule has 2 N–H and O–H groups in total. The number of carbonyl (C=O) groups is 3. The van der Waals surface area contributed by atoms with Gasteiger partial charge in [-0.05, 0) is 49.9 Å². The molecule has 1 amide bonds. The van der Waals surface area contributed by atoms with Gasteiger partial charge in [-0.15, -0.1) is 0 Å². The summed E-state index contributed by atoms with van der Waals surface area (Å²) in [6.07, 6.45) is 1.50. The van der Waals surface area contributed by atoms with Gasteiger partial charge in [-0.25, -0.2) is 4.79 Å². The summed E-state index contributed by atoms with van der Waals surface area (Å²) in [4.78, 5) is 44.5. The van der Waals surface area contributed by atoms with Gasteiger partial charge in [0.15, 0.2) is 5.78 Å². The number of carbonyl (C=O) groups excluding carboxylic acids is 3. The van der Waals surface area contributed by atoms with Crippen molar-refractivity contribution in [2.24, 2.45) is 5.73 Å². The largest absolute Gasteiger partial charge is 0.466 e. The zero-order valence-electron chi connectivity index (χ0n) is 19.8. The number of likely N-dealkylation sites (N-methyl/N-ethyl adjacent to an activating group) is 1. The standard InChI is InChI=1S/C27H27N3O4/c1-15-9-7-12-18(16(15)2)30-20-13-8-14-21(31)22(20)27(23(24(30)28)25(32)34-4)17-10-5-6-11-19(17)29(3)26(27)33/h5-7,9-12H,8,13-14,28H2,1-4H3. The van der Waals surface area contributed by atoms with Crippen LogP contribution in [0.2, 0.25) is 0 Å². The highest BCUT2D eigenvalue weighted by Crippen LogP contribution is 2.57. The third-order valence-electron chi connectivity index (χ3n) is 7.40. The number of allylic oxidation sites excluding steroid dienone is 1. The quantitative estimate of drug-likeness (QED) is 0.695. The first-order chi connectivity index (χ1) is 16.3. The van der Waals surface area contributed by atoms with Gasteiger partial charge < -0.3 is 15.4 Å². The number of fused-ring (bicyclic) bond motifs is 3. The molecule has 1 unspecified atom stereocenters. The van der Waals surface area contributed by atoms with E-state index < -0.39 is 11.4 Å². The Bertz CT molecular complexity index is 1340. The molecular formula is C27H27N3O4. The van der Waals surface area contributed by atoms with Gasteiger partial charge in [0, 0.05) is 36.0 Å². The molecule has 2 aromatic rings. The minimum Gasteiger partial charge on any atom is -0.466 e. The van der Waals surface area contributed by atoms with Crippen LogP contribution in [0.25, 0.3) is 0 Å². The Morgan fingerprint density at radius 1 is 1.03 bits per heavy atom. The van der Waals surface area contributed by atoms with Crippen molar-refractivity contribution in [1.29, 1.82) is 0 Å². The molecule has 0 saturated carbocycles. The number of aryl methyl sites for hydroxylation is 1. The number of para-hydroxylation sites is 1. The zero-order valence-corrected chi connectivity index (χ0v) is 19.8. The molecule has 2 heterocycles. The van der Waals surface area contributed by atoms with Crippen molar-refractivity contribution in [1.82, 2.24) is 0 Å². The summed E-state index contributed by atoms with van der Waals surface area (Å²) in [7, 11) is 2.92. The molecule has 2 aliphatic heterocycles. The van der Waals surface area contributed by atoms with Gasteiger partial charge in [-0.1, -0.05) is 30.3 Å². The van der Waals surface area contributed by atoms with Crippen molar-refractivity contribution in [2.75, 3.05) is 24.0 Å². The van der Waals surface area contributed by atoms with Gasteiger partial charge >= 0.3 is 5.97 Å². The summed E-state index contributed by atoms with van der Waals surface area (Å²) in [6, 6.07) is 13.1. The van der Waals surface area contributed by atoms with Crippen LogP contribution in [0, 0.1) is 13.8 Å². The lowest BCUT2D eigenvalue weighted by molar-refractivity contribution is -0.138. The average molecular weight is 458 g/mol. The molecule has 1 atom stereocenters. The Morgan fingerprint density at radius 2 is 1.74 bits per heavy atom. The minimum atomic E-state index is -1.64. The predicted molar refractivity (Wildman–Crippen MR) is 129 cm³/mol. The van der Waals surface area contributed by atoms with Crippen molar-refractivity contribution in [3.63, 3.8) is 0 Å². The van der Waals surface area contributed by atoms with Crippen LogP contribution in [0.4, 0.5) is 11.4 Å². The normalized spacial score (nSPS) is 21.9. The van der Waals surface area contributed by atoms with Gasteiger partial charge in [0.25, 0.3) is 0 Å². The number of methoxy groups -OCH3 is 1. The van der Waals surface area contributed by atoms with Gasteiger partial charge in [0.1, 0.15) is 16.8 Å². The van der Waals surface area contributed by atoms with Crippen LogP contribution in [0.3, 0.4) is 0 Å². The molecule has 5 rings (SSSR count). The number of amides is 1. The maximum Gasteiger partial charge on any atom is 0.339 e. The maximum absolute atomic E-state index is 14.1. The first-order valence-corrected chi connectivity index (χ1v) is 11.4. The number of hydrogen-bond donors (Lipinski definition) is 1. The summed E-state index contributed by atoms with van der Waals surface area (Å²) < 4.78 is 5.19. The van der Waals surface area contributed by atoms with E-state index in [1.54, 1.807) is 18.0 Å². The molecule has 34 heavy (non-hydrogen) atoms. The molecule has 7 nitrogen and oxygen atoms in total. The third kappa shape index (κ3) is 2.61. The van der Waals surface area contributed by atoms with Crippen molar-refractivity contribution < 1.29 is 19.1 Å². The van der Waals surface area contributed by atoms with Crippen LogP contribution in [0.1, 0.15) is 36.0 Å². The van der Waals surface area contributed by atoms with Crippen LogP contribution >= 0.6 is 0 Å². The van der Waals surface area contributed by atoms with Crippen LogP contribution in [0.5, 0.6) is 0 Å². The summed E-state index contributed by atoms with van der Waals surface area (Å²) in [5.74, 6) is -1.13. The van der Waals surface area contributed by atoms with Crippen LogP contribution in [0.15, 0.2) is 65.1 Å². The third-order valence-corrected chi connectivity index (χ3v) is 7.40. The van der Waals surface area contributed by atoms with Gasteiger partial charge in [0.05, 0.1) is 12.8 Å². The van der Waals surface area contributed by atoms with Crippen LogP contribution in [-0.4, -0.2) is 31.8 Å². The van der Waals surface area contributed by atoms with Crippen molar-refractivity contribution in [3.05, 3.63) is 81.8 Å². The number of rotatable bonds is 2. The second-order valence-electron chi connectivity index (χ2n) is 9.04. The first kappa shape index (κ1) is 21.9. The highest BCUT2D eigenvalue weighted by atomic mass is 16.5. The highest BCUT2D eigenvalue weighted by molar-refractivity contribution is 6.24. The number of esters is 1. The molecule has 0 aromatic heterocycles. The first-order valence-electron chi connectivity index (χ1n) is 11.4. The zero-order chi connectivity index (χ0) is 24.4. The number of ketones is 1. The van der Waals surface area contributed by atoms with E-state index in [9.17, 15) is 14.4 Å². The molecule has 3 aliphatic rings. The molecule has 2 aromatic carbocycles. The summed E-state index contributed by atoms with van der Waals surface area (Å²) in [5, 5.41) is 0. The Morgan fingerprint density at radius 3 is 2.47 bits per heavy atom. The van der Waals surface area contributed by atoms with Crippen LogP contribution < -0.4 is 15.5 Å². The maximum atomic E-state index is 14.1. The average Bonchev–Trinajstić information content (AvgIpc) is 3.04. The van der Waals surface area contributed by atoms with E-state index in [-0.39, 0.29) is 23.1 Å². The molecule has 0 bridgehead atoms. The number of ether oxygens (including phenoxy) is 1. The molecule has 1 aliphatic carbocycles. The second kappa shape index (κ2) is 7.58. The minimum absolute atomic E-state index is 0.00768. The second-order valence-corrected chi connectivity index (χ2v) is 9.04. The molecule has 0 fully saturated rings. The van der Waals surface area contributed by atoms with Crippen molar-refractivity contribution in [2.45, 2.75) is 38.5 Å². The fourth-order valence-electron chi connectivity index (χ4n) is 5.71. The Kier molecular flexibility index (Phi) is 4.90. The number of nitrogens with two attached hydrogens (primary N) is 1. The number of Topliss-reactive ketones (excluding diaryl/α,β-unsaturated/α-hetero) is 1. The summed E-state index contributed by atoms with van der Waals surface area (Å²) >= 11 is 0. The SMILES string of the molecule is COC(=O)C1=C(N)N(c2cccc(C)c2C)C2=C(C(=O)CCC2)C12C(=O)N(C)c1ccccc12. The van der Waals surface area contributed by atoms with E-state index in [0.29, 0.717) is 41.8 Å². The van der Waals surface area contributed by atoms with E-state index in [4.69, 9.17) is 10.5 Å². The fraction of sp³-hybridized carbons (Fsp3) is 0.296. The van der Waals surface area contributed by atoms with E-state index in [2.05, 4.69) is 0 Å². The Hall–Kier alpha value is -3.87. The molecular weight excluding hydrogens is 430 g/mol. The summed E-state index contributed by atoms with van der Waals surface area (Å²) in [5.41, 5.74) is 10.2. The Balaban J connectivity index is 1.95. The number of hydrogen-bond acceptors (Lipinski definition) is 6. The van der Waals surface area contributed by atoms with E-state index >= 15 is 0 Å². The van der Waals surface area contributed by atoms with Gasteiger partial charge in [0.2, 0.25) is 5.91 Å². The molecule has 7 heteroatoms. The summed E-state index contributed by atoms with van der Waals surface area (Å²) in [6.45, 7) is 3.98. The lowest BCUT2D eigenvalue weighted by atomic mass is 9.63. The molecule has 1 spiro atoms. The highest BCUT2D eigenvalue weighted by Gasteiger charge is 2.63. The fourth-order valence-corrected chi connectivity index (χ4v) is 5.71. The number of benzene rings is 2. The molecule has 174 valence electrons. The van der Waals surface area contributed by atoms with E-state index in [0.717, 1.165) is 16.8 Å². The topological polar surface area (TPSA) is 92.9 Å². The van der Waals surface area contributed by atoms with E-state index in [1.165, 1.54) is 12.0 Å². The lowest BCUT2D eigenvalue weighted by Gasteiger charge is -2.45. The lowest BCUT2D eigenvalue weighted by Crippen LogP contribution is -2.54.